The maximum atomic E-state index is 12.8. The quantitative estimate of drug-likeness (QED) is 0.697. The van der Waals surface area contributed by atoms with Gasteiger partial charge in [0.05, 0.1) is 12.3 Å². The van der Waals surface area contributed by atoms with E-state index in [0.29, 0.717) is 32.5 Å². The molecule has 1 atom stereocenters. The van der Waals surface area contributed by atoms with Gasteiger partial charge in [0.15, 0.2) is 0 Å². The third-order valence-electron chi connectivity index (χ3n) is 5.71. The molecule has 0 aliphatic carbocycles. The summed E-state index contributed by atoms with van der Waals surface area (Å²) in [6.07, 6.45) is 4.33. The van der Waals surface area contributed by atoms with E-state index in [1.54, 1.807) is 17.3 Å². The summed E-state index contributed by atoms with van der Waals surface area (Å²) in [6.45, 7) is 3.54. The van der Waals surface area contributed by atoms with Crippen molar-refractivity contribution >= 4 is 11.8 Å². The zero-order chi connectivity index (χ0) is 21.6. The lowest BCUT2D eigenvalue weighted by Gasteiger charge is -2.23. The van der Waals surface area contributed by atoms with Crippen molar-refractivity contribution in [3.8, 4) is 11.1 Å². The normalized spacial score (nSPS) is 16.5. The number of hydrogen-bond donors (Lipinski definition) is 1. The maximum Gasteiger partial charge on any atom is 0.227 e. The Hall–Kier alpha value is -3.47. The summed E-state index contributed by atoms with van der Waals surface area (Å²) in [5.74, 6) is -0.214. The van der Waals surface area contributed by atoms with Gasteiger partial charge in [-0.1, -0.05) is 60.2 Å². The molecule has 1 fully saturated rings. The van der Waals surface area contributed by atoms with Crippen molar-refractivity contribution in [3.05, 3.63) is 89.7 Å². The van der Waals surface area contributed by atoms with Crippen LogP contribution in [0.15, 0.2) is 73.1 Å². The molecule has 31 heavy (non-hydrogen) atoms. The molecule has 0 radical (unpaired) electrons. The van der Waals surface area contributed by atoms with E-state index in [4.69, 9.17) is 0 Å². The summed E-state index contributed by atoms with van der Waals surface area (Å²) >= 11 is 0. The van der Waals surface area contributed by atoms with Crippen LogP contribution < -0.4 is 5.32 Å². The van der Waals surface area contributed by atoms with Crippen LogP contribution in [0.2, 0.25) is 0 Å². The molecule has 0 spiro atoms. The molecule has 5 heteroatoms. The molecule has 1 aliphatic heterocycles. The minimum absolute atomic E-state index is 0.0134. The van der Waals surface area contributed by atoms with Crippen molar-refractivity contribution in [3.63, 3.8) is 0 Å². The molecule has 0 bridgehead atoms. The van der Waals surface area contributed by atoms with E-state index in [1.165, 1.54) is 11.1 Å². The number of nitrogens with zero attached hydrogens (tertiary/aromatic N) is 2. The Morgan fingerprint density at radius 1 is 1.06 bits per heavy atom. The molecular formula is C26H27N3O2. The summed E-state index contributed by atoms with van der Waals surface area (Å²) < 4.78 is 0. The number of aryl methyl sites for hydroxylation is 1. The molecule has 1 saturated heterocycles. The lowest BCUT2D eigenvalue weighted by Crippen LogP contribution is -2.38. The monoisotopic (exact) mass is 413 g/mol. The predicted molar refractivity (Wildman–Crippen MR) is 121 cm³/mol. The van der Waals surface area contributed by atoms with Crippen molar-refractivity contribution in [2.75, 3.05) is 19.6 Å². The fraction of sp³-hybridized carbons (Fsp3) is 0.269. The van der Waals surface area contributed by atoms with Crippen LogP contribution in [0.5, 0.6) is 0 Å². The Kier molecular flexibility index (Phi) is 6.41. The molecule has 5 nitrogen and oxygen atoms in total. The largest absolute Gasteiger partial charge is 0.354 e. The Bertz CT molecular complexity index is 1050. The van der Waals surface area contributed by atoms with Crippen LogP contribution >= 0.6 is 0 Å². The third-order valence-corrected chi connectivity index (χ3v) is 5.71. The van der Waals surface area contributed by atoms with Crippen molar-refractivity contribution in [1.82, 2.24) is 15.2 Å². The van der Waals surface area contributed by atoms with Gasteiger partial charge in [-0.15, -0.1) is 0 Å². The van der Waals surface area contributed by atoms with E-state index < -0.39 is 0 Å². The Balaban J connectivity index is 1.43. The van der Waals surface area contributed by atoms with E-state index in [2.05, 4.69) is 65.8 Å². The van der Waals surface area contributed by atoms with Gasteiger partial charge in [-0.25, -0.2) is 0 Å². The summed E-state index contributed by atoms with van der Waals surface area (Å²) in [5, 5.41) is 2.96. The van der Waals surface area contributed by atoms with Gasteiger partial charge in [-0.2, -0.15) is 0 Å². The topological polar surface area (TPSA) is 62.3 Å². The highest BCUT2D eigenvalue weighted by Gasteiger charge is 2.27. The lowest BCUT2D eigenvalue weighted by molar-refractivity contribution is -0.131. The minimum Gasteiger partial charge on any atom is -0.354 e. The molecule has 0 unspecified atom stereocenters. The Morgan fingerprint density at radius 3 is 2.65 bits per heavy atom. The number of amides is 2. The van der Waals surface area contributed by atoms with Gasteiger partial charge >= 0.3 is 0 Å². The first kappa shape index (κ1) is 20.8. The van der Waals surface area contributed by atoms with Crippen LogP contribution in [-0.4, -0.2) is 41.3 Å². The predicted octanol–water partition coefficient (Wildman–Crippen LogP) is 3.42. The number of pyridine rings is 1. The van der Waals surface area contributed by atoms with E-state index in [0.717, 1.165) is 16.7 Å². The van der Waals surface area contributed by atoms with Crippen molar-refractivity contribution in [2.45, 2.75) is 19.8 Å². The maximum absolute atomic E-state index is 12.8. The summed E-state index contributed by atoms with van der Waals surface area (Å²) in [6, 6.07) is 20.5. The van der Waals surface area contributed by atoms with Crippen LogP contribution in [0, 0.1) is 12.8 Å². The van der Waals surface area contributed by atoms with Gasteiger partial charge in [0, 0.05) is 32.0 Å². The number of nitrogens with one attached hydrogen (secondary N) is 1. The van der Waals surface area contributed by atoms with Crippen molar-refractivity contribution in [1.29, 1.82) is 0 Å². The number of carbonyl (C=O) groups is 2. The van der Waals surface area contributed by atoms with E-state index in [1.807, 2.05) is 12.1 Å². The molecular weight excluding hydrogens is 386 g/mol. The van der Waals surface area contributed by atoms with E-state index in [-0.39, 0.29) is 17.7 Å². The standard InChI is InChI=1S/C26H27N3O2/c1-19-4-2-6-23(14-19)22-9-7-20(8-10-22)15-24-18-29(13-12-28-26(24)31)25(30)16-21-5-3-11-27-17-21/h2-11,14,17,24H,12-13,15-16,18H2,1H3,(H,28,31)/t24-/m0/s1. The number of carbonyl (C=O) groups excluding carboxylic acids is 2. The van der Waals surface area contributed by atoms with Crippen LogP contribution in [0.3, 0.4) is 0 Å². The van der Waals surface area contributed by atoms with Crippen LogP contribution in [0.25, 0.3) is 11.1 Å². The smallest absolute Gasteiger partial charge is 0.227 e. The number of benzene rings is 2. The zero-order valence-electron chi connectivity index (χ0n) is 17.8. The van der Waals surface area contributed by atoms with Crippen molar-refractivity contribution in [2.24, 2.45) is 5.92 Å². The molecule has 4 rings (SSSR count). The molecule has 1 N–H and O–H groups in total. The average molecular weight is 414 g/mol. The fourth-order valence-electron chi connectivity index (χ4n) is 4.01. The SMILES string of the molecule is Cc1cccc(-c2ccc(C[C@H]3CN(C(=O)Cc4cccnc4)CCNC3=O)cc2)c1. The molecule has 2 aromatic carbocycles. The summed E-state index contributed by atoms with van der Waals surface area (Å²) in [5.41, 5.74) is 5.56. The second kappa shape index (κ2) is 9.56. The fourth-order valence-corrected chi connectivity index (χ4v) is 4.01. The van der Waals surface area contributed by atoms with Gasteiger partial charge in [-0.3, -0.25) is 14.6 Å². The molecule has 1 aromatic heterocycles. The first-order valence-electron chi connectivity index (χ1n) is 10.7. The van der Waals surface area contributed by atoms with E-state index in [9.17, 15) is 9.59 Å². The second-order valence-electron chi connectivity index (χ2n) is 8.14. The minimum atomic E-state index is -0.259. The number of hydrogen-bond acceptors (Lipinski definition) is 3. The zero-order valence-corrected chi connectivity index (χ0v) is 17.8. The highest BCUT2D eigenvalue weighted by atomic mass is 16.2. The van der Waals surface area contributed by atoms with Gasteiger partial charge in [0.1, 0.15) is 0 Å². The van der Waals surface area contributed by atoms with Gasteiger partial charge in [0.2, 0.25) is 11.8 Å². The Labute approximate surface area is 183 Å². The first-order chi connectivity index (χ1) is 15.1. The Morgan fingerprint density at radius 2 is 1.90 bits per heavy atom. The molecule has 2 amide bonds. The van der Waals surface area contributed by atoms with Crippen LogP contribution in [0.1, 0.15) is 16.7 Å². The lowest BCUT2D eigenvalue weighted by atomic mass is 9.95. The van der Waals surface area contributed by atoms with E-state index >= 15 is 0 Å². The van der Waals surface area contributed by atoms with Gasteiger partial charge in [0.25, 0.3) is 0 Å². The van der Waals surface area contributed by atoms with Crippen molar-refractivity contribution < 1.29 is 9.59 Å². The summed E-state index contributed by atoms with van der Waals surface area (Å²) in [7, 11) is 0. The van der Waals surface area contributed by atoms with Crippen LogP contribution in [-0.2, 0) is 22.4 Å². The molecule has 2 heterocycles. The third kappa shape index (κ3) is 5.37. The summed E-state index contributed by atoms with van der Waals surface area (Å²) in [4.78, 5) is 31.3. The molecule has 0 saturated carbocycles. The highest BCUT2D eigenvalue weighted by molar-refractivity contribution is 5.83. The average Bonchev–Trinajstić information content (AvgIpc) is 2.96. The van der Waals surface area contributed by atoms with Crippen LogP contribution in [0.4, 0.5) is 0 Å². The first-order valence-corrected chi connectivity index (χ1v) is 10.7. The molecule has 1 aliphatic rings. The molecule has 158 valence electrons. The number of aromatic nitrogens is 1. The highest BCUT2D eigenvalue weighted by Crippen LogP contribution is 2.22. The van der Waals surface area contributed by atoms with Gasteiger partial charge in [-0.05, 0) is 41.7 Å². The second-order valence-corrected chi connectivity index (χ2v) is 8.14. The van der Waals surface area contributed by atoms with Gasteiger partial charge < -0.3 is 10.2 Å². The number of rotatable bonds is 5. The molecule has 3 aromatic rings.